The first kappa shape index (κ1) is 14.8. The molecule has 0 spiro atoms. The van der Waals surface area contributed by atoms with Crippen LogP contribution < -0.4 is 20.1 Å². The maximum atomic E-state index is 11.8. The van der Waals surface area contributed by atoms with Crippen molar-refractivity contribution in [3.8, 4) is 11.5 Å². The highest BCUT2D eigenvalue weighted by Crippen LogP contribution is 2.30. The van der Waals surface area contributed by atoms with Crippen molar-refractivity contribution in [1.29, 1.82) is 0 Å². The molecule has 2 aromatic rings. The Bertz CT molecular complexity index is 705. The lowest BCUT2D eigenvalue weighted by Crippen LogP contribution is -2.44. The van der Waals surface area contributed by atoms with Crippen LogP contribution in [0.3, 0.4) is 0 Å². The predicted molar refractivity (Wildman–Crippen MR) is 82.2 cm³/mol. The second-order valence-electron chi connectivity index (χ2n) is 4.88. The highest BCUT2D eigenvalue weighted by atomic mass is 16.6. The number of hydrogen-bond acceptors (Lipinski definition) is 5. The Morgan fingerprint density at radius 1 is 1.09 bits per heavy atom. The highest BCUT2D eigenvalue weighted by Gasteiger charge is 2.22. The number of rotatable bonds is 3. The normalized spacial score (nSPS) is 15.6. The quantitative estimate of drug-likeness (QED) is 0.824. The lowest BCUT2D eigenvalue weighted by atomic mass is 10.2. The van der Waals surface area contributed by atoms with Gasteiger partial charge in [-0.2, -0.15) is 0 Å². The first-order valence-electron chi connectivity index (χ1n) is 7.11. The number of carbonyl (C=O) groups is 2. The number of para-hydroxylation sites is 2. The van der Waals surface area contributed by atoms with Gasteiger partial charge in [0.2, 0.25) is 0 Å². The average Bonchev–Trinajstić information content (AvgIpc) is 2.60. The second kappa shape index (κ2) is 6.78. The molecule has 0 unspecified atom stereocenters. The molecule has 2 amide bonds. The highest BCUT2D eigenvalue weighted by molar-refractivity contribution is 6.39. The first-order chi connectivity index (χ1) is 11.2. The standard InChI is InChI=1S/C16H15N3O4/c20-15(16(21)19-14-7-3-4-8-17-14)18-9-11-10-22-12-5-1-2-6-13(12)23-11/h1-8,11H,9-10H2,(H,18,20)(H,17,19,21)/t11-/m1/s1. The van der Waals surface area contributed by atoms with E-state index in [-0.39, 0.29) is 12.6 Å². The molecular formula is C16H15N3O4. The first-order valence-corrected chi connectivity index (χ1v) is 7.11. The molecular weight excluding hydrogens is 298 g/mol. The number of nitrogens with zero attached hydrogens (tertiary/aromatic N) is 1. The summed E-state index contributed by atoms with van der Waals surface area (Å²) in [7, 11) is 0. The number of amides is 2. The minimum absolute atomic E-state index is 0.169. The van der Waals surface area contributed by atoms with Crippen molar-refractivity contribution in [3.63, 3.8) is 0 Å². The van der Waals surface area contributed by atoms with Gasteiger partial charge in [0.1, 0.15) is 18.5 Å². The molecule has 1 aromatic heterocycles. The van der Waals surface area contributed by atoms with E-state index in [0.717, 1.165) is 0 Å². The van der Waals surface area contributed by atoms with Gasteiger partial charge in [0.05, 0.1) is 6.54 Å². The third kappa shape index (κ3) is 3.76. The van der Waals surface area contributed by atoms with Gasteiger partial charge in [-0.05, 0) is 24.3 Å². The van der Waals surface area contributed by atoms with E-state index in [4.69, 9.17) is 9.47 Å². The van der Waals surface area contributed by atoms with E-state index in [2.05, 4.69) is 15.6 Å². The van der Waals surface area contributed by atoms with E-state index in [1.807, 2.05) is 18.2 Å². The van der Waals surface area contributed by atoms with Crippen molar-refractivity contribution < 1.29 is 19.1 Å². The van der Waals surface area contributed by atoms with Gasteiger partial charge < -0.3 is 20.1 Å². The number of ether oxygens (including phenoxy) is 2. The number of aromatic nitrogens is 1. The monoisotopic (exact) mass is 313 g/mol. The summed E-state index contributed by atoms with van der Waals surface area (Å²) in [6.07, 6.45) is 1.18. The fourth-order valence-corrected chi connectivity index (χ4v) is 2.06. The molecule has 3 rings (SSSR count). The van der Waals surface area contributed by atoms with E-state index in [1.54, 1.807) is 24.3 Å². The van der Waals surface area contributed by atoms with E-state index >= 15 is 0 Å². The molecule has 0 saturated carbocycles. The van der Waals surface area contributed by atoms with Gasteiger partial charge in [-0.15, -0.1) is 0 Å². The van der Waals surface area contributed by atoms with Crippen molar-refractivity contribution in [1.82, 2.24) is 10.3 Å². The van der Waals surface area contributed by atoms with Gasteiger partial charge in [-0.25, -0.2) is 4.98 Å². The van der Waals surface area contributed by atoms with Crippen LogP contribution in [0.5, 0.6) is 11.5 Å². The molecule has 1 aliphatic heterocycles. The summed E-state index contributed by atoms with van der Waals surface area (Å²) >= 11 is 0. The molecule has 2 N–H and O–H groups in total. The van der Waals surface area contributed by atoms with E-state index in [0.29, 0.717) is 23.9 Å². The molecule has 7 heteroatoms. The third-order valence-corrected chi connectivity index (χ3v) is 3.17. The van der Waals surface area contributed by atoms with Crippen molar-refractivity contribution >= 4 is 17.6 Å². The summed E-state index contributed by atoms with van der Waals surface area (Å²) in [5.41, 5.74) is 0. The Morgan fingerprint density at radius 3 is 2.65 bits per heavy atom. The van der Waals surface area contributed by atoms with Gasteiger partial charge in [0.15, 0.2) is 11.5 Å². The van der Waals surface area contributed by atoms with Gasteiger partial charge in [-0.3, -0.25) is 9.59 Å². The fourth-order valence-electron chi connectivity index (χ4n) is 2.06. The number of fused-ring (bicyclic) bond motifs is 1. The van der Waals surface area contributed by atoms with E-state index < -0.39 is 11.8 Å². The molecule has 0 radical (unpaired) electrons. The van der Waals surface area contributed by atoms with Crippen LogP contribution in [-0.2, 0) is 9.59 Å². The molecule has 1 atom stereocenters. The smallest absolute Gasteiger partial charge is 0.314 e. The minimum Gasteiger partial charge on any atom is -0.486 e. The molecule has 0 bridgehead atoms. The van der Waals surface area contributed by atoms with Crippen LogP contribution in [0.2, 0.25) is 0 Å². The Morgan fingerprint density at radius 2 is 1.87 bits per heavy atom. The largest absolute Gasteiger partial charge is 0.486 e. The molecule has 23 heavy (non-hydrogen) atoms. The summed E-state index contributed by atoms with van der Waals surface area (Å²) in [4.78, 5) is 27.5. The van der Waals surface area contributed by atoms with Crippen LogP contribution in [0.4, 0.5) is 5.82 Å². The Kier molecular flexibility index (Phi) is 4.37. The molecule has 0 aliphatic carbocycles. The summed E-state index contributed by atoms with van der Waals surface area (Å²) in [5, 5.41) is 4.93. The topological polar surface area (TPSA) is 89.5 Å². The third-order valence-electron chi connectivity index (χ3n) is 3.17. The summed E-state index contributed by atoms with van der Waals surface area (Å²) < 4.78 is 11.2. The Labute approximate surface area is 132 Å². The zero-order chi connectivity index (χ0) is 16.1. The zero-order valence-electron chi connectivity index (χ0n) is 12.2. The maximum Gasteiger partial charge on any atom is 0.314 e. The van der Waals surface area contributed by atoms with Gasteiger partial charge >= 0.3 is 11.8 Å². The zero-order valence-corrected chi connectivity index (χ0v) is 12.2. The average molecular weight is 313 g/mol. The number of anilines is 1. The second-order valence-corrected chi connectivity index (χ2v) is 4.88. The van der Waals surface area contributed by atoms with Crippen molar-refractivity contribution in [2.75, 3.05) is 18.5 Å². The van der Waals surface area contributed by atoms with Crippen LogP contribution in [0, 0.1) is 0 Å². The molecule has 0 saturated heterocycles. The van der Waals surface area contributed by atoms with Crippen LogP contribution in [0.25, 0.3) is 0 Å². The van der Waals surface area contributed by atoms with Gasteiger partial charge in [0, 0.05) is 6.20 Å². The summed E-state index contributed by atoms with van der Waals surface area (Å²) in [6.45, 7) is 0.474. The summed E-state index contributed by atoms with van der Waals surface area (Å²) in [6, 6.07) is 12.3. The molecule has 1 aliphatic rings. The number of carbonyl (C=O) groups excluding carboxylic acids is 2. The van der Waals surface area contributed by atoms with Crippen LogP contribution >= 0.6 is 0 Å². The predicted octanol–water partition coefficient (Wildman–Crippen LogP) is 0.976. The van der Waals surface area contributed by atoms with Gasteiger partial charge in [0.25, 0.3) is 0 Å². The number of benzene rings is 1. The number of nitrogens with one attached hydrogen (secondary N) is 2. The van der Waals surface area contributed by atoms with Crippen LogP contribution in [0.15, 0.2) is 48.7 Å². The Hall–Kier alpha value is -3.09. The lowest BCUT2D eigenvalue weighted by molar-refractivity contribution is -0.136. The van der Waals surface area contributed by atoms with E-state index in [1.165, 1.54) is 6.20 Å². The molecule has 1 aromatic carbocycles. The lowest BCUT2D eigenvalue weighted by Gasteiger charge is -2.26. The summed E-state index contributed by atoms with van der Waals surface area (Å²) in [5.74, 6) is 0.0803. The van der Waals surface area contributed by atoms with Gasteiger partial charge in [-0.1, -0.05) is 18.2 Å². The van der Waals surface area contributed by atoms with Crippen molar-refractivity contribution in [2.24, 2.45) is 0 Å². The fraction of sp³-hybridized carbons (Fsp3) is 0.188. The van der Waals surface area contributed by atoms with Crippen molar-refractivity contribution in [3.05, 3.63) is 48.7 Å². The van der Waals surface area contributed by atoms with E-state index in [9.17, 15) is 9.59 Å². The molecule has 0 fully saturated rings. The van der Waals surface area contributed by atoms with Crippen LogP contribution in [-0.4, -0.2) is 36.1 Å². The minimum atomic E-state index is -0.777. The number of hydrogen-bond donors (Lipinski definition) is 2. The molecule has 2 heterocycles. The molecule has 118 valence electrons. The maximum absolute atomic E-state index is 11.8. The van der Waals surface area contributed by atoms with Crippen molar-refractivity contribution in [2.45, 2.75) is 6.10 Å². The SMILES string of the molecule is O=C(NC[C@@H]1COc2ccccc2O1)C(=O)Nc1ccccn1. The number of pyridine rings is 1. The Balaban J connectivity index is 1.49. The van der Waals surface area contributed by atoms with Crippen LogP contribution in [0.1, 0.15) is 0 Å². The molecule has 7 nitrogen and oxygen atoms in total.